The average molecular weight is 393 g/mol. The maximum absolute atomic E-state index is 5.68. The van der Waals surface area contributed by atoms with Crippen LogP contribution in [-0.2, 0) is 0 Å². The molecule has 1 aliphatic heterocycles. The molecule has 4 rings (SSSR count). The van der Waals surface area contributed by atoms with Gasteiger partial charge in [-0.3, -0.25) is 5.43 Å². The van der Waals surface area contributed by atoms with Gasteiger partial charge >= 0.3 is 0 Å². The highest BCUT2D eigenvalue weighted by atomic mass is 32.1. The van der Waals surface area contributed by atoms with E-state index in [-0.39, 0.29) is 17.2 Å². The van der Waals surface area contributed by atoms with Gasteiger partial charge in [0.25, 0.3) is 0 Å². The molecule has 28 heavy (non-hydrogen) atoms. The summed E-state index contributed by atoms with van der Waals surface area (Å²) in [5.41, 5.74) is 14.9. The molecule has 4 N–H and O–H groups in total. The third kappa shape index (κ3) is 3.82. The van der Waals surface area contributed by atoms with Crippen LogP contribution in [0.1, 0.15) is 53.6 Å². The molecule has 5 heteroatoms. The van der Waals surface area contributed by atoms with E-state index in [0.29, 0.717) is 11.8 Å². The first-order valence-electron chi connectivity index (χ1n) is 10.0. The fraction of sp³-hybridized carbons (Fsp3) is 0.391. The van der Waals surface area contributed by atoms with Gasteiger partial charge in [-0.1, -0.05) is 66.1 Å². The molecule has 0 radical (unpaired) electrons. The molecule has 2 fully saturated rings. The normalized spacial score (nSPS) is 26.6. The highest BCUT2D eigenvalue weighted by Crippen LogP contribution is 2.46. The Balaban J connectivity index is 1.76. The van der Waals surface area contributed by atoms with Crippen molar-refractivity contribution in [1.82, 2.24) is 10.7 Å². The van der Waals surface area contributed by atoms with E-state index in [2.05, 4.69) is 73.1 Å². The Labute approximate surface area is 172 Å². The number of nitrogens with two attached hydrogens (primary N) is 1. The second-order valence-corrected chi connectivity index (χ2v) is 8.54. The quantitative estimate of drug-likeness (QED) is 0.538. The lowest BCUT2D eigenvalue weighted by molar-refractivity contribution is 0.232. The fourth-order valence-corrected chi connectivity index (χ4v) is 4.76. The lowest BCUT2D eigenvalue weighted by Gasteiger charge is -2.47. The number of hydrogen-bond acceptors (Lipinski definition) is 3. The van der Waals surface area contributed by atoms with Crippen molar-refractivity contribution in [3.63, 3.8) is 0 Å². The van der Waals surface area contributed by atoms with Gasteiger partial charge in [0.2, 0.25) is 0 Å². The van der Waals surface area contributed by atoms with Gasteiger partial charge in [-0.25, -0.2) is 0 Å². The van der Waals surface area contributed by atoms with Crippen molar-refractivity contribution >= 4 is 23.0 Å². The summed E-state index contributed by atoms with van der Waals surface area (Å²) in [6.45, 7) is 4.26. The Morgan fingerprint density at radius 2 is 1.39 bits per heavy atom. The second-order valence-electron chi connectivity index (χ2n) is 8.10. The number of piperidine rings is 1. The predicted molar refractivity (Wildman–Crippen MR) is 119 cm³/mol. The summed E-state index contributed by atoms with van der Waals surface area (Å²) in [5, 5.41) is 8.91. The maximum atomic E-state index is 5.68. The highest BCUT2D eigenvalue weighted by molar-refractivity contribution is 7.80. The van der Waals surface area contributed by atoms with Gasteiger partial charge in [0, 0.05) is 29.6 Å². The number of benzene rings is 2. The Morgan fingerprint density at radius 3 is 1.82 bits per heavy atom. The molecule has 1 heterocycles. The summed E-state index contributed by atoms with van der Waals surface area (Å²) in [6, 6.07) is 18.2. The number of nitrogens with one attached hydrogen (secondary N) is 2. The monoisotopic (exact) mass is 392 g/mol. The van der Waals surface area contributed by atoms with Crippen LogP contribution in [0, 0.1) is 25.7 Å². The summed E-state index contributed by atoms with van der Waals surface area (Å²) < 4.78 is 0. The minimum absolute atomic E-state index is 0.225. The van der Waals surface area contributed by atoms with Crippen molar-refractivity contribution in [2.75, 3.05) is 0 Å². The minimum Gasteiger partial charge on any atom is -0.375 e. The van der Waals surface area contributed by atoms with Crippen LogP contribution in [0.3, 0.4) is 0 Å². The number of hydrazone groups is 1. The van der Waals surface area contributed by atoms with E-state index < -0.39 is 0 Å². The summed E-state index contributed by atoms with van der Waals surface area (Å²) in [5.74, 6) is 0.704. The average Bonchev–Trinajstić information content (AvgIpc) is 2.68. The largest absolute Gasteiger partial charge is 0.375 e. The lowest BCUT2D eigenvalue weighted by atomic mass is 9.67. The van der Waals surface area contributed by atoms with Crippen LogP contribution in [0.2, 0.25) is 0 Å². The van der Waals surface area contributed by atoms with E-state index in [4.69, 9.17) is 23.1 Å². The van der Waals surface area contributed by atoms with Crippen molar-refractivity contribution in [1.29, 1.82) is 0 Å². The molecule has 4 unspecified atom stereocenters. The Bertz CT molecular complexity index is 811. The molecule has 0 amide bonds. The number of rotatable bonds is 3. The predicted octanol–water partition coefficient (Wildman–Crippen LogP) is 4.29. The number of hydrogen-bond donors (Lipinski definition) is 3. The molecule has 2 bridgehead atoms. The molecule has 4 nitrogen and oxygen atoms in total. The summed E-state index contributed by atoms with van der Waals surface area (Å²) >= 11 is 5.01. The zero-order valence-electron chi connectivity index (χ0n) is 16.5. The number of thiocarbonyl (C=S) groups is 1. The summed E-state index contributed by atoms with van der Waals surface area (Å²) in [7, 11) is 0. The second kappa shape index (κ2) is 8.02. The summed E-state index contributed by atoms with van der Waals surface area (Å²) in [6.07, 6.45) is 3.47. The zero-order chi connectivity index (χ0) is 19.7. The topological polar surface area (TPSA) is 62.4 Å². The van der Waals surface area contributed by atoms with Crippen LogP contribution < -0.4 is 16.5 Å². The van der Waals surface area contributed by atoms with Gasteiger partial charge in [0.15, 0.2) is 5.11 Å². The van der Waals surface area contributed by atoms with Crippen molar-refractivity contribution in [2.45, 2.75) is 45.2 Å². The Hall–Kier alpha value is -2.24. The van der Waals surface area contributed by atoms with Crippen molar-refractivity contribution < 1.29 is 0 Å². The van der Waals surface area contributed by atoms with Crippen molar-refractivity contribution in [3.05, 3.63) is 70.8 Å². The molecule has 1 saturated carbocycles. The standard InChI is InChI=1S/C23H28N4S/c1-14-6-10-16(11-7-14)20-18-4-3-5-19(22(18)26-27-23(24)28)21(25-20)17-12-8-15(2)9-13-17/h6-13,18-21,25H,3-5H2,1-2H3,(H3,24,27,28). The SMILES string of the molecule is Cc1ccc(C2NC(c3ccc(C)cc3)C3CCCC2C3=NNC(N)=S)cc1. The number of aryl methyl sites for hydroxylation is 2. The smallest absolute Gasteiger partial charge is 0.184 e. The molecule has 2 aliphatic rings. The van der Waals surface area contributed by atoms with Crippen LogP contribution in [0.5, 0.6) is 0 Å². The highest BCUT2D eigenvalue weighted by Gasteiger charge is 2.45. The first-order chi connectivity index (χ1) is 13.5. The Kier molecular flexibility index (Phi) is 5.47. The molecule has 0 aromatic heterocycles. The van der Waals surface area contributed by atoms with Gasteiger partial charge in [-0.2, -0.15) is 5.10 Å². The molecular weight excluding hydrogens is 364 g/mol. The molecule has 2 aromatic rings. The van der Waals surface area contributed by atoms with E-state index in [0.717, 1.165) is 12.8 Å². The summed E-state index contributed by atoms with van der Waals surface area (Å²) in [4.78, 5) is 0. The molecule has 4 atom stereocenters. The van der Waals surface area contributed by atoms with E-state index >= 15 is 0 Å². The van der Waals surface area contributed by atoms with Gasteiger partial charge in [-0.05, 0) is 50.0 Å². The molecule has 1 aliphatic carbocycles. The van der Waals surface area contributed by atoms with Crippen molar-refractivity contribution in [2.24, 2.45) is 22.7 Å². The fourth-order valence-electron chi connectivity index (χ4n) is 4.72. The molecule has 0 spiro atoms. The van der Waals surface area contributed by atoms with E-state index in [9.17, 15) is 0 Å². The molecule has 1 saturated heterocycles. The third-order valence-corrected chi connectivity index (χ3v) is 6.21. The van der Waals surface area contributed by atoms with Gasteiger partial charge in [0.1, 0.15) is 0 Å². The van der Waals surface area contributed by atoms with Crippen LogP contribution >= 0.6 is 12.2 Å². The number of nitrogens with zero attached hydrogens (tertiary/aromatic N) is 1. The molecular formula is C23H28N4S. The van der Waals surface area contributed by atoms with Crippen LogP contribution in [-0.4, -0.2) is 10.8 Å². The first-order valence-corrected chi connectivity index (χ1v) is 10.5. The van der Waals surface area contributed by atoms with E-state index in [1.54, 1.807) is 0 Å². The first kappa shape index (κ1) is 19.1. The molecule has 146 valence electrons. The van der Waals surface area contributed by atoms with E-state index in [1.165, 1.54) is 34.4 Å². The van der Waals surface area contributed by atoms with Crippen molar-refractivity contribution in [3.8, 4) is 0 Å². The lowest BCUT2D eigenvalue weighted by Crippen LogP contribution is -2.51. The van der Waals surface area contributed by atoms with Gasteiger partial charge in [0.05, 0.1) is 0 Å². The van der Waals surface area contributed by atoms with Crippen LogP contribution in [0.15, 0.2) is 53.6 Å². The van der Waals surface area contributed by atoms with E-state index in [1.807, 2.05) is 0 Å². The van der Waals surface area contributed by atoms with Crippen LogP contribution in [0.25, 0.3) is 0 Å². The van der Waals surface area contributed by atoms with Gasteiger partial charge in [-0.15, -0.1) is 0 Å². The zero-order valence-corrected chi connectivity index (χ0v) is 17.3. The number of fused-ring (bicyclic) bond motifs is 2. The van der Waals surface area contributed by atoms with Crippen LogP contribution in [0.4, 0.5) is 0 Å². The van der Waals surface area contributed by atoms with Gasteiger partial charge < -0.3 is 11.1 Å². The third-order valence-electron chi connectivity index (χ3n) is 6.12. The maximum Gasteiger partial charge on any atom is 0.184 e. The molecule has 2 aromatic carbocycles. The Morgan fingerprint density at radius 1 is 0.929 bits per heavy atom. The minimum atomic E-state index is 0.225.